The van der Waals surface area contributed by atoms with Gasteiger partial charge in [-0.25, -0.2) is 9.97 Å². The van der Waals surface area contributed by atoms with Crippen LogP contribution in [0.25, 0.3) is 21.6 Å². The lowest BCUT2D eigenvalue weighted by atomic mass is 10.2. The minimum atomic E-state index is -0.143. The summed E-state index contributed by atoms with van der Waals surface area (Å²) < 4.78 is 0. The fourth-order valence-corrected chi connectivity index (χ4v) is 4.28. The molecule has 28 heavy (non-hydrogen) atoms. The van der Waals surface area contributed by atoms with Crippen LogP contribution in [0.2, 0.25) is 0 Å². The molecule has 0 fully saturated rings. The maximum Gasteiger partial charge on any atom is 0.239 e. The molecule has 1 aromatic carbocycles. The van der Waals surface area contributed by atoms with Crippen LogP contribution in [0.4, 0.5) is 0 Å². The molecule has 3 aromatic rings. The number of carbonyl (C=O) groups excluding carboxylic acids is 2. The first-order chi connectivity index (χ1) is 13.6. The Bertz CT molecular complexity index is 960. The van der Waals surface area contributed by atoms with Crippen molar-refractivity contribution >= 4 is 45.8 Å². The van der Waals surface area contributed by atoms with Crippen molar-refractivity contribution in [2.24, 2.45) is 0 Å². The van der Waals surface area contributed by atoms with E-state index >= 15 is 0 Å². The molecule has 0 aliphatic rings. The van der Waals surface area contributed by atoms with Crippen molar-refractivity contribution in [3.05, 3.63) is 41.8 Å². The van der Waals surface area contributed by atoms with Crippen LogP contribution in [0.5, 0.6) is 0 Å². The van der Waals surface area contributed by atoms with E-state index in [0.717, 1.165) is 20.8 Å². The van der Waals surface area contributed by atoms with Gasteiger partial charge in [0.15, 0.2) is 5.82 Å². The summed E-state index contributed by atoms with van der Waals surface area (Å²) in [6.07, 6.45) is 0. The maximum absolute atomic E-state index is 12.6. The van der Waals surface area contributed by atoms with Crippen LogP contribution in [0.3, 0.4) is 0 Å². The average molecular weight is 415 g/mol. The number of para-hydroxylation sites is 1. The second kappa shape index (κ2) is 9.66. The molecule has 0 bridgehead atoms. The van der Waals surface area contributed by atoms with E-state index in [9.17, 15) is 9.59 Å². The predicted molar refractivity (Wildman–Crippen MR) is 115 cm³/mol. The molecule has 0 spiro atoms. The van der Waals surface area contributed by atoms with E-state index in [4.69, 9.17) is 4.98 Å². The maximum atomic E-state index is 12.6. The summed E-state index contributed by atoms with van der Waals surface area (Å²) in [4.78, 5) is 36.3. The molecule has 0 unspecified atom stereocenters. The van der Waals surface area contributed by atoms with Crippen LogP contribution in [0.1, 0.15) is 13.8 Å². The summed E-state index contributed by atoms with van der Waals surface area (Å²) in [6, 6.07) is 11.8. The van der Waals surface area contributed by atoms with Crippen LogP contribution in [-0.2, 0) is 9.59 Å². The highest BCUT2D eigenvalue weighted by molar-refractivity contribution is 8.00. The Morgan fingerprint density at radius 2 is 1.96 bits per heavy atom. The van der Waals surface area contributed by atoms with Crippen LogP contribution in [0.15, 0.2) is 46.8 Å². The van der Waals surface area contributed by atoms with Crippen molar-refractivity contribution < 1.29 is 9.59 Å². The van der Waals surface area contributed by atoms with E-state index in [1.54, 1.807) is 16.2 Å². The summed E-state index contributed by atoms with van der Waals surface area (Å²) in [5.74, 6) is 0.658. The van der Waals surface area contributed by atoms with Crippen LogP contribution in [-0.4, -0.2) is 52.1 Å². The summed E-state index contributed by atoms with van der Waals surface area (Å²) >= 11 is 2.97. The molecule has 0 saturated heterocycles. The van der Waals surface area contributed by atoms with E-state index in [0.29, 0.717) is 18.9 Å². The standard InChI is InChI=1S/C20H22N4O2S2/c1-3-21-17(25)12-24(4-2)18(26)13-28-20-14-8-5-6-9-15(14)22-19(23-20)16-10-7-11-27-16/h5-11H,3-4,12-13H2,1-2H3,(H,21,25). The van der Waals surface area contributed by atoms with E-state index in [2.05, 4.69) is 10.3 Å². The Morgan fingerprint density at radius 1 is 1.14 bits per heavy atom. The van der Waals surface area contributed by atoms with Gasteiger partial charge in [-0.05, 0) is 31.4 Å². The van der Waals surface area contributed by atoms with Crippen LogP contribution >= 0.6 is 23.1 Å². The first kappa shape index (κ1) is 20.3. The molecule has 3 rings (SSSR count). The largest absolute Gasteiger partial charge is 0.355 e. The number of nitrogens with one attached hydrogen (secondary N) is 1. The molecule has 0 saturated carbocycles. The molecular weight excluding hydrogens is 392 g/mol. The molecule has 2 aromatic heterocycles. The number of hydrogen-bond acceptors (Lipinski definition) is 6. The van der Waals surface area contributed by atoms with E-state index in [1.807, 2.05) is 55.6 Å². The molecule has 146 valence electrons. The van der Waals surface area contributed by atoms with Crippen molar-refractivity contribution in [2.75, 3.05) is 25.4 Å². The van der Waals surface area contributed by atoms with Crippen molar-refractivity contribution in [1.82, 2.24) is 20.2 Å². The van der Waals surface area contributed by atoms with Crippen molar-refractivity contribution in [3.63, 3.8) is 0 Å². The van der Waals surface area contributed by atoms with E-state index < -0.39 is 0 Å². The van der Waals surface area contributed by atoms with E-state index in [1.165, 1.54) is 11.8 Å². The normalized spacial score (nSPS) is 10.8. The molecule has 6 nitrogen and oxygen atoms in total. The van der Waals surface area contributed by atoms with Crippen LogP contribution in [0, 0.1) is 0 Å². The van der Waals surface area contributed by atoms with E-state index in [-0.39, 0.29) is 24.1 Å². The number of hydrogen-bond donors (Lipinski definition) is 1. The van der Waals surface area contributed by atoms with Gasteiger partial charge in [-0.2, -0.15) is 0 Å². The third-order valence-corrected chi connectivity index (χ3v) is 5.93. The molecule has 0 aliphatic heterocycles. The first-order valence-corrected chi connectivity index (χ1v) is 11.0. The Hall–Kier alpha value is -2.45. The third kappa shape index (κ3) is 4.88. The number of thiophene rings is 1. The molecule has 8 heteroatoms. The fourth-order valence-electron chi connectivity index (χ4n) is 2.70. The highest BCUT2D eigenvalue weighted by atomic mass is 32.2. The minimum Gasteiger partial charge on any atom is -0.355 e. The van der Waals surface area contributed by atoms with Gasteiger partial charge < -0.3 is 10.2 Å². The van der Waals surface area contributed by atoms with Crippen molar-refractivity contribution in [1.29, 1.82) is 0 Å². The van der Waals surface area contributed by atoms with Gasteiger partial charge in [0.2, 0.25) is 11.8 Å². The third-order valence-electron chi connectivity index (χ3n) is 4.09. The van der Waals surface area contributed by atoms with Gasteiger partial charge in [0.1, 0.15) is 5.03 Å². The molecule has 0 aliphatic carbocycles. The molecule has 0 radical (unpaired) electrons. The number of amides is 2. The summed E-state index contributed by atoms with van der Waals surface area (Å²) in [6.45, 7) is 4.85. The molecule has 0 atom stereocenters. The zero-order chi connectivity index (χ0) is 19.9. The van der Waals surface area contributed by atoms with Gasteiger partial charge in [0.05, 0.1) is 22.7 Å². The quantitative estimate of drug-likeness (QED) is 0.451. The van der Waals surface area contributed by atoms with Gasteiger partial charge in [0, 0.05) is 18.5 Å². The van der Waals surface area contributed by atoms with Gasteiger partial charge >= 0.3 is 0 Å². The first-order valence-electron chi connectivity index (χ1n) is 9.10. The van der Waals surface area contributed by atoms with Crippen molar-refractivity contribution in [3.8, 4) is 10.7 Å². The fraction of sp³-hybridized carbons (Fsp3) is 0.300. The number of rotatable bonds is 8. The molecule has 2 amide bonds. The average Bonchev–Trinajstić information content (AvgIpc) is 3.25. The second-order valence-corrected chi connectivity index (χ2v) is 7.91. The topological polar surface area (TPSA) is 75.2 Å². The number of fused-ring (bicyclic) bond motifs is 1. The molecule has 2 heterocycles. The van der Waals surface area contributed by atoms with Gasteiger partial charge in [-0.15, -0.1) is 11.3 Å². The zero-order valence-corrected chi connectivity index (χ0v) is 17.5. The van der Waals surface area contributed by atoms with Gasteiger partial charge in [0.25, 0.3) is 0 Å². The number of benzene rings is 1. The Morgan fingerprint density at radius 3 is 2.68 bits per heavy atom. The lowest BCUT2D eigenvalue weighted by Gasteiger charge is -2.20. The Balaban J connectivity index is 1.79. The highest BCUT2D eigenvalue weighted by Gasteiger charge is 2.17. The second-order valence-electron chi connectivity index (χ2n) is 6.00. The van der Waals surface area contributed by atoms with Gasteiger partial charge in [-0.1, -0.05) is 36.0 Å². The smallest absolute Gasteiger partial charge is 0.239 e. The SMILES string of the molecule is CCNC(=O)CN(CC)C(=O)CSc1nc(-c2cccs2)nc2ccccc12. The molecule has 1 N–H and O–H groups in total. The summed E-state index contributed by atoms with van der Waals surface area (Å²) in [5, 5.41) is 6.42. The minimum absolute atomic E-state index is 0.0781. The number of carbonyl (C=O) groups is 2. The highest BCUT2D eigenvalue weighted by Crippen LogP contribution is 2.30. The van der Waals surface area contributed by atoms with Crippen LogP contribution < -0.4 is 5.32 Å². The molecular formula is C20H22N4O2S2. The van der Waals surface area contributed by atoms with Gasteiger partial charge in [-0.3, -0.25) is 9.59 Å². The lowest BCUT2D eigenvalue weighted by molar-refractivity contribution is -0.133. The summed E-state index contributed by atoms with van der Waals surface area (Å²) in [7, 11) is 0. The van der Waals surface area contributed by atoms with Crippen molar-refractivity contribution in [2.45, 2.75) is 18.9 Å². The Kier molecular flexibility index (Phi) is 7.00. The summed E-state index contributed by atoms with van der Waals surface area (Å²) in [5.41, 5.74) is 0.852. The zero-order valence-electron chi connectivity index (χ0n) is 15.8. The number of thioether (sulfide) groups is 1. The predicted octanol–water partition coefficient (Wildman–Crippen LogP) is 3.44. The lowest BCUT2D eigenvalue weighted by Crippen LogP contribution is -2.41. The number of nitrogens with zero attached hydrogens (tertiary/aromatic N) is 3. The Labute approximate surface area is 172 Å². The number of likely N-dealkylation sites (N-methyl/N-ethyl adjacent to an activating group) is 2. The monoisotopic (exact) mass is 414 g/mol. The number of aromatic nitrogens is 2.